The molecule has 20 heavy (non-hydrogen) atoms. The van der Waals surface area contributed by atoms with E-state index in [0.29, 0.717) is 21.7 Å². The van der Waals surface area contributed by atoms with Gasteiger partial charge in [-0.25, -0.2) is 4.98 Å². The van der Waals surface area contributed by atoms with E-state index >= 15 is 0 Å². The van der Waals surface area contributed by atoms with E-state index in [1.807, 2.05) is 6.92 Å². The number of carbonyl (C=O) groups excluding carboxylic acids is 1. The van der Waals surface area contributed by atoms with Gasteiger partial charge >= 0.3 is 0 Å². The van der Waals surface area contributed by atoms with Crippen molar-refractivity contribution in [1.29, 1.82) is 0 Å². The van der Waals surface area contributed by atoms with Crippen molar-refractivity contribution in [2.45, 2.75) is 13.8 Å². The average molecular weight is 311 g/mol. The number of nitrogens with one attached hydrogen (secondary N) is 1. The predicted octanol–water partition coefficient (Wildman–Crippen LogP) is 3.40. The first kappa shape index (κ1) is 14.6. The van der Waals surface area contributed by atoms with E-state index in [4.69, 9.17) is 23.2 Å². The van der Waals surface area contributed by atoms with Crippen molar-refractivity contribution in [2.75, 3.05) is 5.32 Å². The van der Waals surface area contributed by atoms with Crippen LogP contribution >= 0.6 is 23.2 Å². The second-order valence-electron chi connectivity index (χ2n) is 4.03. The first-order chi connectivity index (χ1) is 9.51. The number of carbonyl (C=O) groups is 1. The summed E-state index contributed by atoms with van der Waals surface area (Å²) in [6.45, 7) is 3.57. The van der Waals surface area contributed by atoms with Crippen LogP contribution in [0.25, 0.3) is 5.82 Å². The standard InChI is InChI=1S/C13H12Cl2N4O/c1-3-4-12(20)17-11-5-8(2)18-19(11)13-10(15)6-9(14)7-16-13/h3-7H,1-2H3,(H,17,20)/b4-3+. The summed E-state index contributed by atoms with van der Waals surface area (Å²) in [5.41, 5.74) is 0.730. The van der Waals surface area contributed by atoms with E-state index in [1.54, 1.807) is 25.1 Å². The lowest BCUT2D eigenvalue weighted by molar-refractivity contribution is -0.111. The van der Waals surface area contributed by atoms with Crippen LogP contribution in [0.3, 0.4) is 0 Å². The van der Waals surface area contributed by atoms with Crippen molar-refractivity contribution in [3.63, 3.8) is 0 Å². The Morgan fingerprint density at radius 2 is 2.15 bits per heavy atom. The van der Waals surface area contributed by atoms with Gasteiger partial charge in [0.1, 0.15) is 5.82 Å². The smallest absolute Gasteiger partial charge is 0.249 e. The van der Waals surface area contributed by atoms with Crippen LogP contribution in [-0.2, 0) is 4.79 Å². The Bertz CT molecular complexity index is 679. The Balaban J connectivity index is 2.44. The molecule has 0 unspecified atom stereocenters. The van der Waals surface area contributed by atoms with Crippen molar-refractivity contribution in [1.82, 2.24) is 14.8 Å². The molecule has 0 fully saturated rings. The van der Waals surface area contributed by atoms with Gasteiger partial charge in [-0.1, -0.05) is 29.3 Å². The molecule has 104 valence electrons. The highest BCUT2D eigenvalue weighted by Crippen LogP contribution is 2.24. The summed E-state index contributed by atoms with van der Waals surface area (Å²) in [5.74, 6) is 0.640. The van der Waals surface area contributed by atoms with Crippen LogP contribution in [0.2, 0.25) is 10.0 Å². The van der Waals surface area contributed by atoms with Gasteiger partial charge in [0.25, 0.3) is 0 Å². The molecule has 2 aromatic rings. The molecule has 1 N–H and O–H groups in total. The zero-order valence-electron chi connectivity index (χ0n) is 10.9. The molecular formula is C13H12Cl2N4O. The van der Waals surface area contributed by atoms with E-state index in [0.717, 1.165) is 5.69 Å². The van der Waals surface area contributed by atoms with Gasteiger partial charge in [-0.3, -0.25) is 4.79 Å². The summed E-state index contributed by atoms with van der Waals surface area (Å²) in [6.07, 6.45) is 4.54. The molecule has 0 saturated heterocycles. The van der Waals surface area contributed by atoms with Gasteiger partial charge < -0.3 is 5.32 Å². The second-order valence-corrected chi connectivity index (χ2v) is 4.87. The summed E-state index contributed by atoms with van der Waals surface area (Å²) in [7, 11) is 0. The molecule has 2 aromatic heterocycles. The Labute approximate surface area is 126 Å². The highest BCUT2D eigenvalue weighted by molar-refractivity contribution is 6.35. The topological polar surface area (TPSA) is 59.8 Å². The molecule has 2 heterocycles. The van der Waals surface area contributed by atoms with Crippen LogP contribution in [0.1, 0.15) is 12.6 Å². The summed E-state index contributed by atoms with van der Waals surface area (Å²) >= 11 is 11.9. The van der Waals surface area contributed by atoms with E-state index in [2.05, 4.69) is 15.4 Å². The number of hydrogen-bond acceptors (Lipinski definition) is 3. The van der Waals surface area contributed by atoms with E-state index in [1.165, 1.54) is 17.0 Å². The minimum Gasteiger partial charge on any atom is -0.307 e. The van der Waals surface area contributed by atoms with Crippen LogP contribution < -0.4 is 5.32 Å². The molecule has 0 saturated carbocycles. The molecule has 0 spiro atoms. The monoisotopic (exact) mass is 310 g/mol. The Kier molecular flexibility index (Phi) is 4.42. The lowest BCUT2D eigenvalue weighted by Gasteiger charge is -2.08. The van der Waals surface area contributed by atoms with Crippen LogP contribution in [0, 0.1) is 6.92 Å². The fourth-order valence-corrected chi connectivity index (χ4v) is 2.09. The first-order valence-corrected chi connectivity index (χ1v) is 6.58. The van der Waals surface area contributed by atoms with Crippen molar-refractivity contribution >= 4 is 34.9 Å². The molecule has 0 radical (unpaired) electrons. The van der Waals surface area contributed by atoms with Crippen molar-refractivity contribution in [2.24, 2.45) is 0 Å². The molecular weight excluding hydrogens is 299 g/mol. The van der Waals surface area contributed by atoms with Gasteiger partial charge in [-0.05, 0) is 26.0 Å². The minimum atomic E-state index is -0.251. The molecule has 0 bridgehead atoms. The number of hydrogen-bond donors (Lipinski definition) is 1. The van der Waals surface area contributed by atoms with Crippen molar-refractivity contribution < 1.29 is 4.79 Å². The SMILES string of the molecule is C/C=C/C(=O)Nc1cc(C)nn1-c1ncc(Cl)cc1Cl. The quantitative estimate of drug-likeness (QED) is 0.884. The van der Waals surface area contributed by atoms with Crippen LogP contribution in [0.4, 0.5) is 5.82 Å². The highest BCUT2D eigenvalue weighted by atomic mass is 35.5. The molecule has 7 heteroatoms. The maximum absolute atomic E-state index is 11.6. The summed E-state index contributed by atoms with van der Waals surface area (Å²) in [6, 6.07) is 3.30. The molecule has 0 aromatic carbocycles. The average Bonchev–Trinajstić information content (AvgIpc) is 2.70. The van der Waals surface area contributed by atoms with Gasteiger partial charge in [-0.2, -0.15) is 9.78 Å². The number of aryl methyl sites for hydroxylation is 1. The van der Waals surface area contributed by atoms with Crippen molar-refractivity contribution in [3.05, 3.63) is 46.2 Å². The lowest BCUT2D eigenvalue weighted by Crippen LogP contribution is -2.13. The zero-order chi connectivity index (χ0) is 14.7. The normalized spacial score (nSPS) is 11.0. The summed E-state index contributed by atoms with van der Waals surface area (Å²) < 4.78 is 1.47. The Hall–Kier alpha value is -1.85. The molecule has 0 aliphatic heterocycles. The highest BCUT2D eigenvalue weighted by Gasteiger charge is 2.13. The van der Waals surface area contributed by atoms with Gasteiger partial charge in [0.15, 0.2) is 5.82 Å². The third-order valence-corrected chi connectivity index (χ3v) is 2.87. The number of amides is 1. The second kappa shape index (κ2) is 6.07. The molecule has 0 atom stereocenters. The zero-order valence-corrected chi connectivity index (χ0v) is 12.4. The minimum absolute atomic E-state index is 0.251. The van der Waals surface area contributed by atoms with Crippen LogP contribution in [-0.4, -0.2) is 20.7 Å². The van der Waals surface area contributed by atoms with Crippen LogP contribution in [0.5, 0.6) is 0 Å². The fraction of sp³-hybridized carbons (Fsp3) is 0.154. The lowest BCUT2D eigenvalue weighted by atomic mass is 10.4. The van der Waals surface area contributed by atoms with E-state index in [9.17, 15) is 4.79 Å². The van der Waals surface area contributed by atoms with Gasteiger partial charge in [-0.15, -0.1) is 0 Å². The molecule has 0 aliphatic rings. The number of allylic oxidation sites excluding steroid dienone is 1. The van der Waals surface area contributed by atoms with E-state index in [-0.39, 0.29) is 5.91 Å². The Morgan fingerprint density at radius 3 is 2.80 bits per heavy atom. The first-order valence-electron chi connectivity index (χ1n) is 5.83. The molecule has 0 aliphatic carbocycles. The maximum atomic E-state index is 11.6. The Morgan fingerprint density at radius 1 is 1.40 bits per heavy atom. The number of aromatic nitrogens is 3. The van der Waals surface area contributed by atoms with E-state index < -0.39 is 0 Å². The summed E-state index contributed by atoms with van der Waals surface area (Å²) in [4.78, 5) is 15.8. The molecule has 1 amide bonds. The third-order valence-electron chi connectivity index (χ3n) is 2.39. The van der Waals surface area contributed by atoms with Gasteiger partial charge in [0, 0.05) is 12.3 Å². The molecule has 5 nitrogen and oxygen atoms in total. The number of anilines is 1. The van der Waals surface area contributed by atoms with Gasteiger partial charge in [0.2, 0.25) is 5.91 Å². The third kappa shape index (κ3) is 3.18. The van der Waals surface area contributed by atoms with Crippen molar-refractivity contribution in [3.8, 4) is 5.82 Å². The maximum Gasteiger partial charge on any atom is 0.249 e. The van der Waals surface area contributed by atoms with Crippen LogP contribution in [0.15, 0.2) is 30.5 Å². The summed E-state index contributed by atoms with van der Waals surface area (Å²) in [5, 5.41) is 7.77. The number of nitrogens with zero attached hydrogens (tertiary/aromatic N) is 3. The number of rotatable bonds is 3. The molecule has 2 rings (SSSR count). The number of pyridine rings is 1. The number of halogens is 2. The predicted molar refractivity (Wildman–Crippen MR) is 79.6 cm³/mol. The largest absolute Gasteiger partial charge is 0.307 e. The van der Waals surface area contributed by atoms with Gasteiger partial charge in [0.05, 0.1) is 15.7 Å². The fourth-order valence-electron chi connectivity index (χ4n) is 1.63.